The van der Waals surface area contributed by atoms with Crippen LogP contribution in [0.4, 0.5) is 0 Å². The summed E-state index contributed by atoms with van der Waals surface area (Å²) in [5.74, 6) is -17.9. The highest BCUT2D eigenvalue weighted by molar-refractivity contribution is 7.46. The number of likely N-dealkylation sites (tertiary alicyclic amines) is 2. The van der Waals surface area contributed by atoms with Crippen molar-refractivity contribution in [1.29, 1.82) is 0 Å². The average Bonchev–Trinajstić information content (AvgIpc) is 4.22. The predicted octanol–water partition coefficient (Wildman–Crippen LogP) is -5.69. The summed E-state index contributed by atoms with van der Waals surface area (Å²) in [7, 11) is -5.06. The number of carboxylic acids is 3. The molecule has 1 aromatic rings. The van der Waals surface area contributed by atoms with E-state index in [2.05, 4.69) is 47.1 Å². The SMILES string of the molecule is CC(C)[C@H](NC(=O)[C@H](Cc1ccc(OP(=O)(O)O)cc1)NC(=O)[C@H](CCC(=O)O)NC(=O)[C@@H]1CCCN1C(=O)[C@H](CCC(N)=O)NC(=O)[C@@H]1CCCN1)C(=O)N[C@@H](CC(N)=O)C(=O)N[C@@H](CCC(N)=O)C(=O)N1CCC[C@H]1C(=O)N[C@@H](CC(=O)O)C(=O)O. The first-order valence-electron chi connectivity index (χ1n) is 28.1. The second kappa shape index (κ2) is 33.3. The third-order valence-corrected chi connectivity index (χ3v) is 14.9. The van der Waals surface area contributed by atoms with E-state index < -0.39 is 208 Å². The molecule has 10 atom stereocenters. The number of aliphatic carboxylic acids is 3. The van der Waals surface area contributed by atoms with Gasteiger partial charge in [-0.25, -0.2) is 9.36 Å². The zero-order valence-corrected chi connectivity index (χ0v) is 49.0. The van der Waals surface area contributed by atoms with Gasteiger partial charge in [-0.2, -0.15) is 0 Å². The molecule has 35 nitrogen and oxygen atoms in total. The summed E-state index contributed by atoms with van der Waals surface area (Å²) >= 11 is 0. The number of amides is 12. The lowest BCUT2D eigenvalue weighted by molar-refractivity contribution is -0.148. The van der Waals surface area contributed by atoms with E-state index in [-0.39, 0.29) is 62.9 Å². The van der Waals surface area contributed by atoms with Crippen LogP contribution in [0, 0.1) is 5.92 Å². The van der Waals surface area contributed by atoms with Crippen LogP contribution in [0.1, 0.15) is 109 Å². The standard InChI is InChI=1S/C52H76N13O22P/c1-25(2)42(49(79)61-33(23-39(55)68)45(75)59-31(14-17-38(54)67)51(81)65-21-5-8-36(65)48(78)62-34(52(82)83)24-41(71)72)63-46(76)32(22-26-9-11-27(12-10-26)87-88(84,85)86)60-44(74)29(15-18-40(69)70)57-47(77)35-7-4-20-64(35)50(80)30(13-16-37(53)66)58-43(73)28-6-3-19-56-28/h9-12,25,28-36,42,56H,3-8,13-24H2,1-2H3,(H2,53,66)(H2,54,67)(H2,55,68)(H,57,77)(H,58,73)(H,59,75)(H,60,74)(H,61,79)(H,62,78)(H,63,76)(H,69,70)(H,71,72)(H,82,83)(H2,84,85,86)/t28-,29-,30-,31-,32-,33-,34-,35-,36-,42-/m0/s1. The molecular weight excluding hydrogens is 1190 g/mol. The number of phosphoric acid groups is 1. The number of nitrogens with one attached hydrogen (secondary N) is 8. The molecule has 1 aromatic carbocycles. The molecule has 0 aromatic heterocycles. The van der Waals surface area contributed by atoms with Crippen LogP contribution in [-0.2, 0) is 82.9 Å². The molecule has 0 unspecified atom stereocenters. The van der Waals surface area contributed by atoms with Crippen LogP contribution in [0.2, 0.25) is 0 Å². The molecule has 3 heterocycles. The Morgan fingerprint density at radius 2 is 1.03 bits per heavy atom. The number of nitrogens with two attached hydrogens (primary N) is 3. The minimum atomic E-state index is -5.06. The van der Waals surface area contributed by atoms with Gasteiger partial charge in [0.05, 0.1) is 18.9 Å². The molecule has 486 valence electrons. The van der Waals surface area contributed by atoms with Crippen molar-refractivity contribution in [1.82, 2.24) is 52.3 Å². The fraction of sp³-hybridized carbons (Fsp3) is 0.596. The number of carbonyl (C=O) groups excluding carboxylic acids is 12. The van der Waals surface area contributed by atoms with E-state index in [0.717, 1.165) is 21.9 Å². The highest BCUT2D eigenvalue weighted by Gasteiger charge is 2.43. The van der Waals surface area contributed by atoms with E-state index in [0.29, 0.717) is 19.4 Å². The molecule has 88 heavy (non-hydrogen) atoms. The molecule has 3 fully saturated rings. The van der Waals surface area contributed by atoms with Crippen molar-refractivity contribution in [3.05, 3.63) is 29.8 Å². The third kappa shape index (κ3) is 22.8. The van der Waals surface area contributed by atoms with Crippen LogP contribution in [0.25, 0.3) is 0 Å². The maximum absolute atomic E-state index is 14.6. The first-order valence-corrected chi connectivity index (χ1v) is 29.6. The topological polar surface area (TPSA) is 564 Å². The number of primary amides is 3. The fourth-order valence-corrected chi connectivity index (χ4v) is 10.4. The van der Waals surface area contributed by atoms with Crippen molar-refractivity contribution in [2.24, 2.45) is 23.1 Å². The van der Waals surface area contributed by atoms with E-state index in [1.807, 2.05) is 0 Å². The third-order valence-electron chi connectivity index (χ3n) is 14.4. The van der Waals surface area contributed by atoms with Crippen molar-refractivity contribution in [2.75, 3.05) is 19.6 Å². The Morgan fingerprint density at radius 3 is 1.50 bits per heavy atom. The predicted molar refractivity (Wildman–Crippen MR) is 299 cm³/mol. The zero-order chi connectivity index (χ0) is 65.7. The van der Waals surface area contributed by atoms with Crippen LogP contribution < -0.4 is 64.3 Å². The minimum Gasteiger partial charge on any atom is -0.481 e. The molecule has 0 radical (unpaired) electrons. The van der Waals surface area contributed by atoms with Crippen molar-refractivity contribution in [3.63, 3.8) is 0 Å². The Bertz CT molecular complexity index is 2850. The van der Waals surface area contributed by atoms with Gasteiger partial charge < -0.3 is 89.4 Å². The van der Waals surface area contributed by atoms with Gasteiger partial charge in [-0.1, -0.05) is 26.0 Å². The Kier molecular flexibility index (Phi) is 27.2. The Labute approximate surface area is 502 Å². The fourth-order valence-electron chi connectivity index (χ4n) is 10.00. The molecule has 0 bridgehead atoms. The lowest BCUT2D eigenvalue weighted by atomic mass is 9.99. The van der Waals surface area contributed by atoms with E-state index >= 15 is 0 Å². The molecule has 0 aliphatic carbocycles. The van der Waals surface area contributed by atoms with Crippen molar-refractivity contribution < 1.29 is 106 Å². The number of carbonyl (C=O) groups is 15. The van der Waals surface area contributed by atoms with Crippen molar-refractivity contribution in [2.45, 2.75) is 171 Å². The van der Waals surface area contributed by atoms with Gasteiger partial charge in [0.15, 0.2) is 0 Å². The molecule has 4 rings (SSSR count). The molecule has 12 amide bonds. The summed E-state index contributed by atoms with van der Waals surface area (Å²) < 4.78 is 16.2. The summed E-state index contributed by atoms with van der Waals surface area (Å²) in [6, 6.07) is -10.7. The Hall–Kier alpha value is -8.82. The number of nitrogens with zero attached hydrogens (tertiary/aromatic N) is 2. The van der Waals surface area contributed by atoms with Gasteiger partial charge in [0.25, 0.3) is 0 Å². The minimum absolute atomic E-state index is 0.0110. The first-order chi connectivity index (χ1) is 41.2. The van der Waals surface area contributed by atoms with E-state index in [1.165, 1.54) is 26.0 Å². The number of phosphoric ester groups is 1. The van der Waals surface area contributed by atoms with Crippen molar-refractivity contribution in [3.8, 4) is 5.75 Å². The Morgan fingerprint density at radius 1 is 0.557 bits per heavy atom. The summed E-state index contributed by atoms with van der Waals surface area (Å²) in [5.41, 5.74) is 16.4. The molecule has 0 spiro atoms. The number of benzene rings is 1. The first kappa shape index (κ1) is 71.7. The van der Waals surface area contributed by atoms with Crippen molar-refractivity contribution >= 4 is 96.6 Å². The summed E-state index contributed by atoms with van der Waals surface area (Å²) in [4.78, 5) is 218. The molecule has 3 aliphatic heterocycles. The highest BCUT2D eigenvalue weighted by atomic mass is 31.2. The largest absolute Gasteiger partial charge is 0.524 e. The van der Waals surface area contributed by atoms with Gasteiger partial charge in [-0.15, -0.1) is 0 Å². The number of hydrogen-bond donors (Lipinski definition) is 16. The number of hydrogen-bond acceptors (Lipinski definition) is 18. The molecule has 3 aliphatic rings. The van der Waals surface area contributed by atoms with Crippen LogP contribution in [0.5, 0.6) is 5.75 Å². The van der Waals surface area contributed by atoms with Gasteiger partial charge in [0.2, 0.25) is 70.9 Å². The van der Waals surface area contributed by atoms with E-state index in [1.54, 1.807) is 0 Å². The van der Waals surface area contributed by atoms with Gasteiger partial charge in [-0.3, -0.25) is 76.9 Å². The van der Waals surface area contributed by atoms with Crippen LogP contribution in [0.3, 0.4) is 0 Å². The zero-order valence-electron chi connectivity index (χ0n) is 48.1. The number of rotatable bonds is 35. The van der Waals surface area contributed by atoms with Crippen LogP contribution >= 0.6 is 7.82 Å². The Balaban J connectivity index is 1.62. The highest BCUT2D eigenvalue weighted by Crippen LogP contribution is 2.37. The van der Waals surface area contributed by atoms with Gasteiger partial charge in [0.1, 0.15) is 60.1 Å². The maximum Gasteiger partial charge on any atom is 0.524 e. The summed E-state index contributed by atoms with van der Waals surface area (Å²) in [6.07, 6.45) is -3.86. The van der Waals surface area contributed by atoms with E-state index in [4.69, 9.17) is 22.3 Å². The smallest absolute Gasteiger partial charge is 0.481 e. The second-order valence-corrected chi connectivity index (χ2v) is 22.8. The van der Waals surface area contributed by atoms with Gasteiger partial charge in [-0.05, 0) is 87.9 Å². The normalized spacial score (nSPS) is 18.8. The quantitative estimate of drug-likeness (QED) is 0.0282. The monoisotopic (exact) mass is 1270 g/mol. The summed E-state index contributed by atoms with van der Waals surface area (Å²) in [6.45, 7) is 3.25. The van der Waals surface area contributed by atoms with Crippen LogP contribution in [-0.4, -0.2) is 204 Å². The molecule has 19 N–H and O–H groups in total. The molecule has 36 heteroatoms. The second-order valence-electron chi connectivity index (χ2n) is 21.6. The molecule has 3 saturated heterocycles. The lowest BCUT2D eigenvalue weighted by Gasteiger charge is -2.31. The van der Waals surface area contributed by atoms with E-state index in [9.17, 15) is 96.5 Å². The van der Waals surface area contributed by atoms with Gasteiger partial charge >= 0.3 is 25.7 Å². The van der Waals surface area contributed by atoms with Crippen LogP contribution in [0.15, 0.2) is 24.3 Å². The molecule has 0 saturated carbocycles. The average molecular weight is 1270 g/mol. The maximum atomic E-state index is 14.6. The molecular formula is C52H76N13O22P. The van der Waals surface area contributed by atoms with Gasteiger partial charge in [0, 0.05) is 38.8 Å². The summed E-state index contributed by atoms with van der Waals surface area (Å²) in [5, 5.41) is 48.0. The lowest BCUT2D eigenvalue weighted by Crippen LogP contribution is -2.61. The number of carboxylic acid groups (broad SMARTS) is 3.